The maximum absolute atomic E-state index is 12.7. The molecule has 0 aliphatic carbocycles. The van der Waals surface area contributed by atoms with Crippen molar-refractivity contribution in [3.63, 3.8) is 0 Å². The molecule has 0 saturated carbocycles. The number of nitrogens with one attached hydrogen (secondary N) is 1. The summed E-state index contributed by atoms with van der Waals surface area (Å²) >= 11 is 3.34. The minimum atomic E-state index is -4.68. The quantitative estimate of drug-likeness (QED) is 0.346. The fraction of sp³-hybridized carbons (Fsp3) is 0.235. The van der Waals surface area contributed by atoms with Gasteiger partial charge in [0, 0.05) is 16.1 Å². The van der Waals surface area contributed by atoms with Gasteiger partial charge < -0.3 is 9.47 Å². The number of halogens is 4. The van der Waals surface area contributed by atoms with Gasteiger partial charge in [-0.05, 0) is 47.1 Å². The number of hydrogen-bond donors (Lipinski definition) is 1. The number of alkyl halides is 3. The average molecular weight is 462 g/mol. The standard InChI is InChI=1S/C17H15BrF3N3O4/c1-3-28-16-6-10(12(18)8-15(16)27-2)9-22-23-13-5-4-11(17(19,20)21)7-14(13)24(25)26/h4-9,23H,3H2,1-2H3/b22-9-. The summed E-state index contributed by atoms with van der Waals surface area (Å²) in [5.74, 6) is 0.965. The summed E-state index contributed by atoms with van der Waals surface area (Å²) in [7, 11) is 1.49. The van der Waals surface area contributed by atoms with Gasteiger partial charge in [0.2, 0.25) is 0 Å². The van der Waals surface area contributed by atoms with Crippen molar-refractivity contribution in [2.24, 2.45) is 5.10 Å². The average Bonchev–Trinajstić information content (AvgIpc) is 2.63. The molecular weight excluding hydrogens is 447 g/mol. The van der Waals surface area contributed by atoms with Crippen LogP contribution < -0.4 is 14.9 Å². The number of nitro benzene ring substituents is 1. The largest absolute Gasteiger partial charge is 0.493 e. The van der Waals surface area contributed by atoms with Gasteiger partial charge in [-0.2, -0.15) is 18.3 Å². The number of nitro groups is 1. The number of methoxy groups -OCH3 is 1. The molecule has 0 atom stereocenters. The van der Waals surface area contributed by atoms with Crippen LogP contribution in [0.1, 0.15) is 18.1 Å². The van der Waals surface area contributed by atoms with Crippen molar-refractivity contribution in [3.8, 4) is 11.5 Å². The number of hydrazone groups is 1. The lowest BCUT2D eigenvalue weighted by Crippen LogP contribution is -2.06. The first-order valence-corrected chi connectivity index (χ1v) is 8.61. The predicted molar refractivity (Wildman–Crippen MR) is 101 cm³/mol. The van der Waals surface area contributed by atoms with Crippen molar-refractivity contribution in [2.45, 2.75) is 13.1 Å². The van der Waals surface area contributed by atoms with E-state index in [1.165, 1.54) is 13.3 Å². The van der Waals surface area contributed by atoms with Gasteiger partial charge >= 0.3 is 6.18 Å². The van der Waals surface area contributed by atoms with Gasteiger partial charge in [0.05, 0.1) is 30.4 Å². The molecule has 0 aliphatic heterocycles. The summed E-state index contributed by atoms with van der Waals surface area (Å²) in [6, 6.07) is 5.44. The summed E-state index contributed by atoms with van der Waals surface area (Å²) in [6.07, 6.45) is -3.34. The van der Waals surface area contributed by atoms with E-state index in [0.29, 0.717) is 34.2 Å². The normalized spacial score (nSPS) is 11.5. The molecule has 0 bridgehead atoms. The Hall–Kier alpha value is -2.82. The third kappa shape index (κ3) is 5.12. The second-order valence-corrected chi connectivity index (χ2v) is 6.17. The number of rotatable bonds is 7. The first-order chi connectivity index (χ1) is 13.2. The zero-order valence-corrected chi connectivity index (χ0v) is 16.3. The van der Waals surface area contributed by atoms with Crippen LogP contribution in [0.4, 0.5) is 24.5 Å². The zero-order valence-electron chi connectivity index (χ0n) is 14.7. The zero-order chi connectivity index (χ0) is 20.9. The highest BCUT2D eigenvalue weighted by atomic mass is 79.9. The Morgan fingerprint density at radius 2 is 2.00 bits per heavy atom. The van der Waals surface area contributed by atoms with Crippen molar-refractivity contribution in [1.82, 2.24) is 0 Å². The maximum atomic E-state index is 12.7. The molecule has 0 aliphatic rings. The lowest BCUT2D eigenvalue weighted by molar-refractivity contribution is -0.384. The highest BCUT2D eigenvalue weighted by Crippen LogP contribution is 2.35. The van der Waals surface area contributed by atoms with Gasteiger partial charge in [0.1, 0.15) is 5.69 Å². The predicted octanol–water partition coefficient (Wildman–Crippen LogP) is 5.23. The van der Waals surface area contributed by atoms with E-state index in [-0.39, 0.29) is 5.69 Å². The molecule has 0 amide bonds. The third-order valence-electron chi connectivity index (χ3n) is 3.49. The summed E-state index contributed by atoms with van der Waals surface area (Å²) < 4.78 is 49.5. The molecule has 0 heterocycles. The Morgan fingerprint density at radius 1 is 1.29 bits per heavy atom. The fourth-order valence-electron chi connectivity index (χ4n) is 2.20. The molecule has 150 valence electrons. The van der Waals surface area contributed by atoms with Crippen LogP contribution >= 0.6 is 15.9 Å². The Balaban J connectivity index is 2.30. The Kier molecular flexibility index (Phi) is 6.84. The molecule has 2 aromatic carbocycles. The lowest BCUT2D eigenvalue weighted by Gasteiger charge is -2.11. The Labute approximate surface area is 166 Å². The highest BCUT2D eigenvalue weighted by Gasteiger charge is 2.33. The minimum absolute atomic E-state index is 0.177. The van der Waals surface area contributed by atoms with Crippen molar-refractivity contribution in [3.05, 3.63) is 56.0 Å². The van der Waals surface area contributed by atoms with Crippen LogP contribution in [-0.4, -0.2) is 24.9 Å². The van der Waals surface area contributed by atoms with Crippen LogP contribution in [0.3, 0.4) is 0 Å². The van der Waals surface area contributed by atoms with Crippen LogP contribution in [0.15, 0.2) is 39.9 Å². The topological polar surface area (TPSA) is 86.0 Å². The smallest absolute Gasteiger partial charge is 0.416 e. The maximum Gasteiger partial charge on any atom is 0.416 e. The van der Waals surface area contributed by atoms with E-state index in [0.717, 1.165) is 12.1 Å². The van der Waals surface area contributed by atoms with Crippen molar-refractivity contribution in [2.75, 3.05) is 19.1 Å². The van der Waals surface area contributed by atoms with E-state index < -0.39 is 22.4 Å². The Bertz CT molecular complexity index is 904. The van der Waals surface area contributed by atoms with Gasteiger partial charge in [-0.3, -0.25) is 15.5 Å². The molecule has 0 unspecified atom stereocenters. The van der Waals surface area contributed by atoms with E-state index in [2.05, 4.69) is 26.5 Å². The van der Waals surface area contributed by atoms with Crippen LogP contribution in [-0.2, 0) is 6.18 Å². The molecule has 2 aromatic rings. The Morgan fingerprint density at radius 3 is 2.57 bits per heavy atom. The minimum Gasteiger partial charge on any atom is -0.493 e. The van der Waals surface area contributed by atoms with E-state index in [1.54, 1.807) is 19.1 Å². The molecule has 0 saturated heterocycles. The molecule has 28 heavy (non-hydrogen) atoms. The first kappa shape index (κ1) is 21.5. The molecule has 0 fully saturated rings. The third-order valence-corrected chi connectivity index (χ3v) is 4.18. The van der Waals surface area contributed by atoms with E-state index in [1.807, 2.05) is 0 Å². The number of benzene rings is 2. The monoisotopic (exact) mass is 461 g/mol. The van der Waals surface area contributed by atoms with Gasteiger partial charge in [-0.25, -0.2) is 0 Å². The summed E-state index contributed by atoms with van der Waals surface area (Å²) in [5, 5.41) is 15.0. The van der Waals surface area contributed by atoms with Gasteiger partial charge in [-0.15, -0.1) is 0 Å². The van der Waals surface area contributed by atoms with E-state index in [4.69, 9.17) is 9.47 Å². The van der Waals surface area contributed by atoms with Crippen LogP contribution in [0.2, 0.25) is 0 Å². The van der Waals surface area contributed by atoms with Crippen molar-refractivity contribution < 1.29 is 27.6 Å². The highest BCUT2D eigenvalue weighted by molar-refractivity contribution is 9.10. The molecule has 0 radical (unpaired) electrons. The second kappa shape index (κ2) is 8.91. The molecule has 0 spiro atoms. The summed E-state index contributed by atoms with van der Waals surface area (Å²) in [5.41, 5.74) is 0.923. The fourth-order valence-corrected chi connectivity index (χ4v) is 2.63. The molecule has 0 aromatic heterocycles. The number of ether oxygens (including phenoxy) is 2. The SMILES string of the molecule is CCOc1cc(/C=N\Nc2ccc(C(F)(F)F)cc2[N+](=O)[O-])c(Br)cc1OC. The van der Waals surface area contributed by atoms with Gasteiger partial charge in [0.25, 0.3) is 5.69 Å². The number of hydrogen-bond acceptors (Lipinski definition) is 6. The molecule has 7 nitrogen and oxygen atoms in total. The van der Waals surface area contributed by atoms with Crippen molar-refractivity contribution >= 4 is 33.5 Å². The van der Waals surface area contributed by atoms with E-state index >= 15 is 0 Å². The van der Waals surface area contributed by atoms with Crippen molar-refractivity contribution in [1.29, 1.82) is 0 Å². The van der Waals surface area contributed by atoms with Gasteiger partial charge in [0.15, 0.2) is 11.5 Å². The van der Waals surface area contributed by atoms with Crippen LogP contribution in [0.5, 0.6) is 11.5 Å². The van der Waals surface area contributed by atoms with E-state index in [9.17, 15) is 23.3 Å². The lowest BCUT2D eigenvalue weighted by atomic mass is 10.1. The summed E-state index contributed by atoms with van der Waals surface area (Å²) in [4.78, 5) is 10.2. The number of nitrogens with zero attached hydrogens (tertiary/aromatic N) is 2. The number of anilines is 1. The molecular formula is C17H15BrF3N3O4. The first-order valence-electron chi connectivity index (χ1n) is 7.82. The van der Waals surface area contributed by atoms with Crippen LogP contribution in [0, 0.1) is 10.1 Å². The second-order valence-electron chi connectivity index (χ2n) is 5.31. The molecule has 11 heteroatoms. The van der Waals surface area contributed by atoms with Gasteiger partial charge in [-0.1, -0.05) is 0 Å². The molecule has 2 rings (SSSR count). The van der Waals surface area contributed by atoms with Crippen LogP contribution in [0.25, 0.3) is 0 Å². The summed E-state index contributed by atoms with van der Waals surface area (Å²) in [6.45, 7) is 2.21. The molecule has 1 N–H and O–H groups in total.